The van der Waals surface area contributed by atoms with Crippen molar-refractivity contribution in [1.82, 2.24) is 5.32 Å². The minimum absolute atomic E-state index is 0.0150. The monoisotopic (exact) mass is 634 g/mol. The van der Waals surface area contributed by atoms with Gasteiger partial charge in [-0.2, -0.15) is 0 Å². The van der Waals surface area contributed by atoms with Gasteiger partial charge >= 0.3 is 12.1 Å². The molecule has 44 heavy (non-hydrogen) atoms. The van der Waals surface area contributed by atoms with Crippen LogP contribution in [0.1, 0.15) is 52.5 Å². The Morgan fingerprint density at radius 2 is 2.00 bits per heavy atom. The number of carbonyl (C=O) groups excluding carboxylic acids is 3. The van der Waals surface area contributed by atoms with Crippen molar-refractivity contribution in [2.24, 2.45) is 11.8 Å². The number of hydrogen-bond acceptors (Lipinski definition) is 9. The zero-order valence-electron chi connectivity index (χ0n) is 26.3. The third-order valence-electron chi connectivity index (χ3n) is 8.69. The first-order chi connectivity index (χ1) is 20.8. The molecule has 12 heteroatoms. The predicted molar refractivity (Wildman–Crippen MR) is 164 cm³/mol. The summed E-state index contributed by atoms with van der Waals surface area (Å²) in [6.07, 6.45) is 1.78. The quantitative estimate of drug-likeness (QED) is 0.358. The van der Waals surface area contributed by atoms with Gasteiger partial charge in [0.15, 0.2) is 5.72 Å². The van der Waals surface area contributed by atoms with Crippen LogP contribution in [-0.4, -0.2) is 80.6 Å². The number of amides is 2. The molecule has 0 aromatic heterocycles. The lowest BCUT2D eigenvalue weighted by molar-refractivity contribution is -0.155. The van der Waals surface area contributed by atoms with Gasteiger partial charge < -0.3 is 33.7 Å². The van der Waals surface area contributed by atoms with Crippen LogP contribution >= 0.6 is 11.6 Å². The first-order valence-electron chi connectivity index (χ1n) is 14.9. The highest BCUT2D eigenvalue weighted by Crippen LogP contribution is 2.41. The van der Waals surface area contributed by atoms with Crippen LogP contribution < -0.4 is 15.0 Å². The Morgan fingerprint density at radius 1 is 1.27 bits per heavy atom. The molecule has 2 N–H and O–H groups in total. The zero-order chi connectivity index (χ0) is 32.3. The Hall–Kier alpha value is -3.12. The first-order valence-corrected chi connectivity index (χ1v) is 15.3. The lowest BCUT2D eigenvalue weighted by atomic mass is 9.87. The molecule has 3 heterocycles. The van der Waals surface area contributed by atoms with Crippen molar-refractivity contribution >= 4 is 35.3 Å². The highest BCUT2D eigenvalue weighted by molar-refractivity contribution is 6.35. The van der Waals surface area contributed by atoms with Gasteiger partial charge in [-0.1, -0.05) is 56.2 Å². The number of hydrogen-bond donors (Lipinski definition) is 2. The molecule has 2 fully saturated rings. The van der Waals surface area contributed by atoms with Gasteiger partial charge in [0.25, 0.3) is 0 Å². The molecule has 1 aromatic rings. The van der Waals surface area contributed by atoms with Crippen LogP contribution in [-0.2, 0) is 35.0 Å². The molecule has 3 aliphatic heterocycles. The summed E-state index contributed by atoms with van der Waals surface area (Å²) in [6, 6.07) is 3.64. The number of benzene rings is 1. The summed E-state index contributed by atoms with van der Waals surface area (Å²) in [6.45, 7) is 7.41. The van der Waals surface area contributed by atoms with E-state index in [9.17, 15) is 19.5 Å². The van der Waals surface area contributed by atoms with Gasteiger partial charge in [0.05, 0.1) is 31.2 Å². The number of rotatable bonds is 5. The van der Waals surface area contributed by atoms with Crippen LogP contribution in [0.25, 0.3) is 0 Å². The van der Waals surface area contributed by atoms with E-state index in [0.29, 0.717) is 24.3 Å². The highest BCUT2D eigenvalue weighted by Gasteiger charge is 2.56. The van der Waals surface area contributed by atoms with Crippen molar-refractivity contribution < 1.29 is 43.2 Å². The highest BCUT2D eigenvalue weighted by atomic mass is 35.5. The van der Waals surface area contributed by atoms with Crippen LogP contribution in [0.4, 0.5) is 10.5 Å². The van der Waals surface area contributed by atoms with Crippen LogP contribution in [0.3, 0.4) is 0 Å². The lowest BCUT2D eigenvalue weighted by Crippen LogP contribution is -2.63. The molecule has 242 valence electrons. The van der Waals surface area contributed by atoms with Gasteiger partial charge in [0, 0.05) is 26.5 Å². The molecule has 0 unspecified atom stereocenters. The SMILES string of the molecule is CC[C@H](C)C(=O)O[C@H]1CC(=O)N(C)c2cc(cc(OC)c2Cl)C/C(C)=C/C=C/[C@@H](OC)[C@@]2(O)C[C@H](OC(=O)N2)[C@@H](C)[C@@H]2O[C@H]21. The summed E-state index contributed by atoms with van der Waals surface area (Å²) < 4.78 is 28.6. The second-order valence-corrected chi connectivity index (χ2v) is 12.3. The van der Waals surface area contributed by atoms with Crippen molar-refractivity contribution in [2.75, 3.05) is 26.2 Å². The molecule has 2 saturated heterocycles. The van der Waals surface area contributed by atoms with Gasteiger partial charge in [-0.05, 0) is 37.5 Å². The minimum atomic E-state index is -1.76. The molecule has 0 radical (unpaired) electrons. The Kier molecular flexibility index (Phi) is 10.7. The zero-order valence-corrected chi connectivity index (χ0v) is 27.1. The third-order valence-corrected chi connectivity index (χ3v) is 9.07. The number of alkyl carbamates (subject to hydrolysis) is 1. The molecular weight excluding hydrogens is 592 g/mol. The normalized spacial score (nSPS) is 33.6. The predicted octanol–water partition coefficient (Wildman–Crippen LogP) is 4.32. The third kappa shape index (κ3) is 7.39. The summed E-state index contributed by atoms with van der Waals surface area (Å²) in [4.78, 5) is 40.7. The lowest BCUT2D eigenvalue weighted by Gasteiger charge is -2.41. The number of nitrogens with one attached hydrogen (secondary N) is 1. The Morgan fingerprint density at radius 3 is 2.66 bits per heavy atom. The maximum atomic E-state index is 13.7. The van der Waals surface area contributed by atoms with Crippen LogP contribution in [0, 0.1) is 11.8 Å². The number of methoxy groups -OCH3 is 2. The van der Waals surface area contributed by atoms with E-state index >= 15 is 0 Å². The van der Waals surface area contributed by atoms with E-state index < -0.39 is 54.2 Å². The van der Waals surface area contributed by atoms with E-state index in [4.69, 9.17) is 35.3 Å². The number of nitrogens with zero attached hydrogens (tertiary/aromatic N) is 1. The van der Waals surface area contributed by atoms with Gasteiger partial charge in [-0.15, -0.1) is 0 Å². The van der Waals surface area contributed by atoms with Crippen LogP contribution in [0.15, 0.2) is 35.9 Å². The van der Waals surface area contributed by atoms with E-state index in [-0.39, 0.29) is 29.7 Å². The summed E-state index contributed by atoms with van der Waals surface area (Å²) in [5.41, 5.74) is 0.506. The van der Waals surface area contributed by atoms with Crippen molar-refractivity contribution in [2.45, 2.75) is 89.6 Å². The number of ether oxygens (including phenoxy) is 5. The maximum Gasteiger partial charge on any atom is 0.409 e. The van der Waals surface area contributed by atoms with Crippen molar-refractivity contribution in [1.29, 1.82) is 0 Å². The molecule has 4 rings (SSSR count). The molecule has 3 aliphatic rings. The maximum absolute atomic E-state index is 13.7. The standard InChI is InChI=1S/C32H43ClN2O9/c1-8-18(3)30(37)42-23-15-26(36)35(5)21-13-20(14-22(40-6)27(21)33)12-17(2)10-9-11-25(41-7)32(39)16-24(43-31(38)34-32)19(4)28-29(23)44-28/h9-11,13-14,18-19,23-25,28-29,39H,8,12,15-16H2,1-7H3,(H,34,38)/b11-9+,17-10+/t18-,19+,23-,24-,25+,28-,29-,32-/m0/s1. The molecule has 0 saturated carbocycles. The van der Waals surface area contributed by atoms with Crippen LogP contribution in [0.2, 0.25) is 5.02 Å². The second-order valence-electron chi connectivity index (χ2n) is 11.9. The van der Waals surface area contributed by atoms with Gasteiger partial charge in [0.1, 0.15) is 35.2 Å². The Bertz CT molecular complexity index is 1320. The number of carbonyl (C=O) groups is 3. The molecule has 8 atom stereocenters. The van der Waals surface area contributed by atoms with E-state index in [2.05, 4.69) is 5.32 Å². The second kappa shape index (κ2) is 13.9. The van der Waals surface area contributed by atoms with E-state index in [0.717, 1.165) is 11.1 Å². The van der Waals surface area contributed by atoms with Gasteiger partial charge in [-0.3, -0.25) is 14.9 Å². The van der Waals surface area contributed by atoms with Crippen LogP contribution in [0.5, 0.6) is 5.75 Å². The fourth-order valence-electron chi connectivity index (χ4n) is 5.66. The Balaban J connectivity index is 1.76. The van der Waals surface area contributed by atoms with E-state index in [1.54, 1.807) is 26.1 Å². The number of anilines is 1. The number of fused-ring (bicyclic) bond motifs is 5. The molecule has 0 aliphatic carbocycles. The number of esters is 1. The molecule has 11 nitrogen and oxygen atoms in total. The summed E-state index contributed by atoms with van der Waals surface area (Å²) in [5, 5.41) is 14.3. The van der Waals surface area contributed by atoms with E-state index in [1.165, 1.54) is 19.1 Å². The van der Waals surface area contributed by atoms with Crippen molar-refractivity contribution in [3.8, 4) is 5.75 Å². The van der Waals surface area contributed by atoms with Crippen molar-refractivity contribution in [3.63, 3.8) is 0 Å². The largest absolute Gasteiger partial charge is 0.495 e. The number of halogens is 1. The molecule has 4 bridgehead atoms. The molecule has 1 aromatic carbocycles. The number of epoxide rings is 1. The van der Waals surface area contributed by atoms with Gasteiger partial charge in [-0.25, -0.2) is 4.79 Å². The smallest absolute Gasteiger partial charge is 0.409 e. The number of allylic oxidation sites excluding steroid dienone is 3. The van der Waals surface area contributed by atoms with Crippen molar-refractivity contribution in [3.05, 3.63) is 46.5 Å². The molecule has 2 amide bonds. The minimum Gasteiger partial charge on any atom is -0.495 e. The average molecular weight is 635 g/mol. The fraction of sp³-hybridized carbons (Fsp3) is 0.594. The average Bonchev–Trinajstić information content (AvgIpc) is 3.78. The molecular formula is C32H43ClN2O9. The summed E-state index contributed by atoms with van der Waals surface area (Å²) >= 11 is 6.67. The first kappa shape index (κ1) is 33.8. The van der Waals surface area contributed by atoms with E-state index in [1.807, 2.05) is 39.0 Å². The topological polar surface area (TPSA) is 136 Å². The van der Waals surface area contributed by atoms with Gasteiger partial charge in [0.2, 0.25) is 5.91 Å². The summed E-state index contributed by atoms with van der Waals surface area (Å²) in [7, 11) is 4.57. The number of aliphatic hydroxyl groups is 1. The Labute approximate surface area is 263 Å². The molecule has 0 spiro atoms. The fourth-order valence-corrected chi connectivity index (χ4v) is 5.97. The summed E-state index contributed by atoms with van der Waals surface area (Å²) in [5.74, 6) is -1.14.